The van der Waals surface area contributed by atoms with E-state index in [9.17, 15) is 9.59 Å². The van der Waals surface area contributed by atoms with Crippen LogP contribution in [0.1, 0.15) is 25.0 Å². The van der Waals surface area contributed by atoms with E-state index < -0.39 is 0 Å². The third kappa shape index (κ3) is 4.02. The lowest BCUT2D eigenvalue weighted by atomic mass is 10.1. The Morgan fingerprint density at radius 1 is 0.962 bits per heavy atom. The number of imide groups is 1. The maximum Gasteiger partial charge on any atom is 0.268 e. The molecule has 2 aromatic carbocycles. The van der Waals surface area contributed by atoms with E-state index in [1.54, 1.807) is 24.3 Å². The van der Waals surface area contributed by atoms with Crippen LogP contribution in [0.15, 0.2) is 59.5 Å². The molecule has 1 heterocycles. The molecule has 2 aromatic rings. The fraction of sp³-hybridized carbons (Fsp3) is 0.238. The second-order valence-corrected chi connectivity index (χ2v) is 8.40. The van der Waals surface area contributed by atoms with Crippen LogP contribution >= 0.6 is 23.4 Å². The lowest BCUT2D eigenvalue weighted by Gasteiger charge is -2.15. The van der Waals surface area contributed by atoms with Crippen molar-refractivity contribution >= 4 is 40.8 Å². The number of amides is 2. The zero-order valence-corrected chi connectivity index (χ0v) is 16.3. The minimum absolute atomic E-state index is 0.199. The van der Waals surface area contributed by atoms with Crippen LogP contribution in [-0.2, 0) is 16.0 Å². The first-order valence-corrected chi connectivity index (χ1v) is 9.80. The van der Waals surface area contributed by atoms with Gasteiger partial charge in [-0.15, -0.1) is 11.8 Å². The molecule has 5 heteroatoms. The van der Waals surface area contributed by atoms with Crippen molar-refractivity contribution in [2.45, 2.75) is 25.5 Å². The van der Waals surface area contributed by atoms with Crippen LogP contribution in [0.5, 0.6) is 0 Å². The van der Waals surface area contributed by atoms with Crippen molar-refractivity contribution in [2.75, 3.05) is 6.54 Å². The van der Waals surface area contributed by atoms with E-state index in [0.717, 1.165) is 11.1 Å². The molecule has 134 valence electrons. The Morgan fingerprint density at radius 2 is 1.62 bits per heavy atom. The zero-order valence-electron chi connectivity index (χ0n) is 14.7. The Bertz CT molecular complexity index is 844. The number of halogens is 1. The lowest BCUT2D eigenvalue weighted by molar-refractivity contribution is -0.136. The zero-order chi connectivity index (χ0) is 18.7. The first kappa shape index (κ1) is 18.7. The Labute approximate surface area is 163 Å². The van der Waals surface area contributed by atoms with Gasteiger partial charge in [-0.25, -0.2) is 0 Å². The van der Waals surface area contributed by atoms with Crippen LogP contribution in [0.2, 0.25) is 5.02 Å². The first-order chi connectivity index (χ1) is 12.5. The monoisotopic (exact) mass is 385 g/mol. The Kier molecular flexibility index (Phi) is 5.84. The second-order valence-electron chi connectivity index (χ2n) is 6.38. The van der Waals surface area contributed by atoms with Gasteiger partial charge in [-0.3, -0.25) is 14.5 Å². The molecule has 2 amide bonds. The Hall–Kier alpha value is -2.04. The highest BCUT2D eigenvalue weighted by Gasteiger charge is 2.39. The minimum atomic E-state index is -0.226. The second kappa shape index (κ2) is 8.11. The summed E-state index contributed by atoms with van der Waals surface area (Å²) in [7, 11) is 0. The van der Waals surface area contributed by atoms with E-state index >= 15 is 0 Å². The SMILES string of the molecule is CC(C)SC1=C(c2ccc(Cl)cc2)C(=O)N(CCc2ccccc2)C1=O. The summed E-state index contributed by atoms with van der Waals surface area (Å²) >= 11 is 7.41. The van der Waals surface area contributed by atoms with Gasteiger partial charge in [0.25, 0.3) is 11.8 Å². The van der Waals surface area contributed by atoms with Crippen LogP contribution < -0.4 is 0 Å². The van der Waals surface area contributed by atoms with Gasteiger partial charge in [-0.05, 0) is 29.7 Å². The number of thioether (sulfide) groups is 1. The maximum atomic E-state index is 13.0. The number of carbonyl (C=O) groups excluding carboxylic acids is 2. The van der Waals surface area contributed by atoms with Crippen LogP contribution in [0.4, 0.5) is 0 Å². The van der Waals surface area contributed by atoms with Gasteiger partial charge < -0.3 is 0 Å². The predicted molar refractivity (Wildman–Crippen MR) is 108 cm³/mol. The summed E-state index contributed by atoms with van der Waals surface area (Å²) in [5, 5.41) is 0.809. The van der Waals surface area contributed by atoms with Crippen molar-refractivity contribution in [3.8, 4) is 0 Å². The number of hydrogen-bond donors (Lipinski definition) is 0. The molecule has 0 N–H and O–H groups in total. The molecule has 26 heavy (non-hydrogen) atoms. The molecule has 0 unspecified atom stereocenters. The van der Waals surface area contributed by atoms with Gasteiger partial charge in [0.2, 0.25) is 0 Å². The number of rotatable bonds is 6. The smallest absolute Gasteiger partial charge is 0.268 e. The van der Waals surface area contributed by atoms with Crippen LogP contribution in [0.3, 0.4) is 0 Å². The Balaban J connectivity index is 1.88. The third-order valence-corrected chi connectivity index (χ3v) is 5.42. The van der Waals surface area contributed by atoms with E-state index in [0.29, 0.717) is 28.5 Å². The topological polar surface area (TPSA) is 37.4 Å². The molecule has 0 spiro atoms. The summed E-state index contributed by atoms with van der Waals surface area (Å²) in [4.78, 5) is 27.8. The molecule has 3 rings (SSSR count). The first-order valence-electron chi connectivity index (χ1n) is 8.54. The van der Waals surface area contributed by atoms with Gasteiger partial charge in [0.1, 0.15) is 0 Å². The van der Waals surface area contributed by atoms with Crippen molar-refractivity contribution in [3.05, 3.63) is 75.7 Å². The third-order valence-electron chi connectivity index (χ3n) is 4.08. The quantitative estimate of drug-likeness (QED) is 0.670. The molecule has 0 aromatic heterocycles. The van der Waals surface area contributed by atoms with E-state index in [-0.39, 0.29) is 17.1 Å². The van der Waals surface area contributed by atoms with Gasteiger partial charge in [0.05, 0.1) is 10.5 Å². The summed E-state index contributed by atoms with van der Waals surface area (Å²) < 4.78 is 0. The van der Waals surface area contributed by atoms with E-state index in [1.165, 1.54) is 16.7 Å². The fourth-order valence-corrected chi connectivity index (χ4v) is 3.99. The molecule has 0 aliphatic carbocycles. The normalized spacial score (nSPS) is 14.7. The summed E-state index contributed by atoms with van der Waals surface area (Å²) in [6, 6.07) is 16.9. The molecule has 0 atom stereocenters. The summed E-state index contributed by atoms with van der Waals surface area (Å²) in [5.74, 6) is -0.425. The van der Waals surface area contributed by atoms with Gasteiger partial charge in [0.15, 0.2) is 0 Å². The molecule has 3 nitrogen and oxygen atoms in total. The minimum Gasteiger partial charge on any atom is -0.274 e. The highest BCUT2D eigenvalue weighted by molar-refractivity contribution is 8.04. The molecule has 0 fully saturated rings. The molecular weight excluding hydrogens is 366 g/mol. The number of nitrogens with zero attached hydrogens (tertiary/aromatic N) is 1. The highest BCUT2D eigenvalue weighted by Crippen LogP contribution is 2.38. The maximum absolute atomic E-state index is 13.0. The molecule has 1 aliphatic rings. The van der Waals surface area contributed by atoms with Crippen molar-refractivity contribution in [1.82, 2.24) is 4.90 Å². The van der Waals surface area contributed by atoms with Crippen LogP contribution in [0.25, 0.3) is 5.57 Å². The molecule has 0 saturated carbocycles. The van der Waals surface area contributed by atoms with E-state index in [1.807, 2.05) is 44.2 Å². The standard InChI is InChI=1S/C21H20ClNO2S/c1-14(2)26-19-18(16-8-10-17(22)11-9-16)20(24)23(21(19)25)13-12-15-6-4-3-5-7-15/h3-11,14H,12-13H2,1-2H3. The lowest BCUT2D eigenvalue weighted by Crippen LogP contribution is -2.33. The van der Waals surface area contributed by atoms with Crippen molar-refractivity contribution < 1.29 is 9.59 Å². The van der Waals surface area contributed by atoms with Crippen molar-refractivity contribution in [2.24, 2.45) is 0 Å². The fourth-order valence-electron chi connectivity index (χ4n) is 2.86. The molecule has 0 bridgehead atoms. The van der Waals surface area contributed by atoms with E-state index in [4.69, 9.17) is 11.6 Å². The van der Waals surface area contributed by atoms with Gasteiger partial charge in [-0.1, -0.05) is 67.9 Å². The molecule has 0 radical (unpaired) electrons. The molecular formula is C21H20ClNO2S. The van der Waals surface area contributed by atoms with Gasteiger partial charge >= 0.3 is 0 Å². The van der Waals surface area contributed by atoms with Crippen LogP contribution in [-0.4, -0.2) is 28.5 Å². The summed E-state index contributed by atoms with van der Waals surface area (Å²) in [6.45, 7) is 4.41. The number of hydrogen-bond acceptors (Lipinski definition) is 3. The van der Waals surface area contributed by atoms with Crippen LogP contribution in [0, 0.1) is 0 Å². The summed E-state index contributed by atoms with van der Waals surface area (Å²) in [6.07, 6.45) is 0.645. The van der Waals surface area contributed by atoms with E-state index in [2.05, 4.69) is 0 Å². The Morgan fingerprint density at radius 3 is 2.23 bits per heavy atom. The number of benzene rings is 2. The van der Waals surface area contributed by atoms with Gasteiger partial charge in [0, 0.05) is 16.8 Å². The largest absolute Gasteiger partial charge is 0.274 e. The molecule has 0 saturated heterocycles. The van der Waals surface area contributed by atoms with Crippen molar-refractivity contribution in [3.63, 3.8) is 0 Å². The summed E-state index contributed by atoms with van der Waals surface area (Å²) in [5.41, 5.74) is 2.32. The van der Waals surface area contributed by atoms with Crippen molar-refractivity contribution in [1.29, 1.82) is 0 Å². The average molecular weight is 386 g/mol. The number of carbonyl (C=O) groups is 2. The van der Waals surface area contributed by atoms with Gasteiger partial charge in [-0.2, -0.15) is 0 Å². The predicted octanol–water partition coefficient (Wildman–Crippen LogP) is 4.80. The average Bonchev–Trinajstić information content (AvgIpc) is 2.85. The molecule has 1 aliphatic heterocycles. The highest BCUT2D eigenvalue weighted by atomic mass is 35.5.